The highest BCUT2D eigenvalue weighted by atomic mass is 35.5. The van der Waals surface area contributed by atoms with Gasteiger partial charge >= 0.3 is 0 Å². The van der Waals surface area contributed by atoms with Gasteiger partial charge in [0.05, 0.1) is 5.02 Å². The number of rotatable bonds is 1. The Bertz CT molecular complexity index is 370. The second kappa shape index (κ2) is 3.25. The van der Waals surface area contributed by atoms with Gasteiger partial charge in [-0.2, -0.15) is 0 Å². The van der Waals surface area contributed by atoms with E-state index in [1.807, 2.05) is 29.6 Å². The molecule has 0 fully saturated rings. The summed E-state index contributed by atoms with van der Waals surface area (Å²) >= 11 is 7.58. The number of halogens is 1. The summed E-state index contributed by atoms with van der Waals surface area (Å²) < 4.78 is 0. The van der Waals surface area contributed by atoms with E-state index in [1.54, 1.807) is 17.5 Å². The fourth-order valence-electron chi connectivity index (χ4n) is 0.991. The maximum Gasteiger partial charge on any atom is 0.124 e. The number of aromatic nitrogens is 1. The summed E-state index contributed by atoms with van der Waals surface area (Å²) in [6.45, 7) is 0. The van der Waals surface area contributed by atoms with Crippen molar-refractivity contribution >= 4 is 22.9 Å². The minimum absolute atomic E-state index is 0.757. The maximum atomic E-state index is 5.98. The lowest BCUT2D eigenvalue weighted by Gasteiger charge is -1.97. The van der Waals surface area contributed by atoms with Crippen LogP contribution in [0.5, 0.6) is 0 Å². The standard InChI is InChI=1S/C9H6ClNS/c10-8-4-2-1-3-7(8)9-11-5-6-12-9/h1-6H. The number of hydrogen-bond acceptors (Lipinski definition) is 2. The molecule has 0 bridgehead atoms. The molecule has 0 saturated carbocycles. The van der Waals surface area contributed by atoms with E-state index in [9.17, 15) is 0 Å². The fourth-order valence-corrected chi connectivity index (χ4v) is 1.95. The van der Waals surface area contributed by atoms with Crippen molar-refractivity contribution in [2.75, 3.05) is 0 Å². The summed E-state index contributed by atoms with van der Waals surface area (Å²) in [6, 6.07) is 7.72. The summed E-state index contributed by atoms with van der Waals surface area (Å²) in [7, 11) is 0. The topological polar surface area (TPSA) is 12.9 Å². The Morgan fingerprint density at radius 1 is 1.25 bits per heavy atom. The molecule has 60 valence electrons. The molecule has 0 aliphatic rings. The zero-order chi connectivity index (χ0) is 8.39. The molecule has 12 heavy (non-hydrogen) atoms. The Morgan fingerprint density at radius 2 is 2.08 bits per heavy atom. The van der Waals surface area contributed by atoms with E-state index in [2.05, 4.69) is 4.98 Å². The Balaban J connectivity index is 2.55. The molecule has 1 aromatic heterocycles. The van der Waals surface area contributed by atoms with E-state index >= 15 is 0 Å². The second-order valence-corrected chi connectivity index (χ2v) is 3.62. The first kappa shape index (κ1) is 7.77. The Labute approximate surface area is 79.7 Å². The van der Waals surface area contributed by atoms with Crippen molar-refractivity contribution in [1.29, 1.82) is 0 Å². The first-order chi connectivity index (χ1) is 5.88. The molecular formula is C9H6ClNS. The maximum absolute atomic E-state index is 5.98. The molecule has 0 atom stereocenters. The van der Waals surface area contributed by atoms with Gasteiger partial charge in [0, 0.05) is 17.1 Å². The lowest BCUT2D eigenvalue weighted by atomic mass is 10.2. The van der Waals surface area contributed by atoms with Crippen molar-refractivity contribution in [2.24, 2.45) is 0 Å². The summed E-state index contributed by atoms with van der Waals surface area (Å²) in [4.78, 5) is 4.18. The van der Waals surface area contributed by atoms with Gasteiger partial charge < -0.3 is 0 Å². The molecule has 2 rings (SSSR count). The van der Waals surface area contributed by atoms with Crippen LogP contribution in [-0.2, 0) is 0 Å². The normalized spacial score (nSPS) is 10.1. The third kappa shape index (κ3) is 1.36. The van der Waals surface area contributed by atoms with Crippen LogP contribution in [0.1, 0.15) is 0 Å². The Kier molecular flexibility index (Phi) is 2.11. The van der Waals surface area contributed by atoms with E-state index in [-0.39, 0.29) is 0 Å². The predicted molar refractivity (Wildman–Crippen MR) is 52.6 cm³/mol. The molecule has 0 unspecified atom stereocenters. The van der Waals surface area contributed by atoms with Crippen molar-refractivity contribution in [3.8, 4) is 10.6 Å². The Morgan fingerprint density at radius 3 is 2.75 bits per heavy atom. The van der Waals surface area contributed by atoms with Gasteiger partial charge in [-0.1, -0.05) is 29.8 Å². The van der Waals surface area contributed by atoms with Crippen molar-refractivity contribution in [3.05, 3.63) is 40.9 Å². The molecule has 0 radical (unpaired) electrons. The van der Waals surface area contributed by atoms with Crippen LogP contribution < -0.4 is 0 Å². The van der Waals surface area contributed by atoms with Gasteiger partial charge in [0.15, 0.2) is 0 Å². The molecule has 1 nitrogen and oxygen atoms in total. The van der Waals surface area contributed by atoms with Gasteiger partial charge in [-0.25, -0.2) is 4.98 Å². The van der Waals surface area contributed by atoms with E-state index in [1.165, 1.54) is 0 Å². The second-order valence-electron chi connectivity index (χ2n) is 2.32. The van der Waals surface area contributed by atoms with E-state index < -0.39 is 0 Å². The van der Waals surface area contributed by atoms with Crippen LogP contribution in [-0.4, -0.2) is 4.98 Å². The van der Waals surface area contributed by atoms with Crippen LogP contribution >= 0.6 is 22.9 Å². The van der Waals surface area contributed by atoms with E-state index in [4.69, 9.17) is 11.6 Å². The van der Waals surface area contributed by atoms with E-state index in [0.29, 0.717) is 0 Å². The van der Waals surface area contributed by atoms with Crippen LogP contribution in [0.4, 0.5) is 0 Å². The van der Waals surface area contributed by atoms with Crippen LogP contribution in [0.25, 0.3) is 10.6 Å². The lowest BCUT2D eigenvalue weighted by molar-refractivity contribution is 1.41. The molecule has 0 amide bonds. The summed E-state index contributed by atoms with van der Waals surface area (Å²) in [6.07, 6.45) is 1.78. The SMILES string of the molecule is Clc1ccccc1-c1nccs1. The molecule has 1 heterocycles. The minimum atomic E-state index is 0.757. The number of benzene rings is 1. The molecular weight excluding hydrogens is 190 g/mol. The van der Waals surface area contributed by atoms with Gasteiger partial charge in [-0.3, -0.25) is 0 Å². The van der Waals surface area contributed by atoms with Crippen LogP contribution in [0, 0.1) is 0 Å². The highest BCUT2D eigenvalue weighted by molar-refractivity contribution is 7.13. The molecule has 0 saturated heterocycles. The van der Waals surface area contributed by atoms with Gasteiger partial charge in [0.2, 0.25) is 0 Å². The van der Waals surface area contributed by atoms with Crippen molar-refractivity contribution in [2.45, 2.75) is 0 Å². The van der Waals surface area contributed by atoms with Crippen LogP contribution in [0.3, 0.4) is 0 Å². The zero-order valence-electron chi connectivity index (χ0n) is 6.20. The predicted octanol–water partition coefficient (Wildman–Crippen LogP) is 3.46. The van der Waals surface area contributed by atoms with Crippen LogP contribution in [0.15, 0.2) is 35.8 Å². The highest BCUT2D eigenvalue weighted by Gasteiger charge is 2.02. The fraction of sp³-hybridized carbons (Fsp3) is 0. The average Bonchev–Trinajstić information content (AvgIpc) is 2.57. The van der Waals surface area contributed by atoms with Crippen molar-refractivity contribution in [1.82, 2.24) is 4.98 Å². The quantitative estimate of drug-likeness (QED) is 0.679. The molecule has 3 heteroatoms. The van der Waals surface area contributed by atoms with Gasteiger partial charge in [-0.15, -0.1) is 11.3 Å². The van der Waals surface area contributed by atoms with Gasteiger partial charge in [-0.05, 0) is 6.07 Å². The third-order valence-electron chi connectivity index (χ3n) is 1.54. The Hall–Kier alpha value is -0.860. The largest absolute Gasteiger partial charge is 0.244 e. The summed E-state index contributed by atoms with van der Waals surface area (Å²) in [5.74, 6) is 0. The number of thiazole rings is 1. The lowest BCUT2D eigenvalue weighted by Crippen LogP contribution is -1.75. The average molecular weight is 196 g/mol. The first-order valence-electron chi connectivity index (χ1n) is 3.52. The minimum Gasteiger partial charge on any atom is -0.244 e. The highest BCUT2D eigenvalue weighted by Crippen LogP contribution is 2.28. The molecule has 2 aromatic rings. The van der Waals surface area contributed by atoms with Gasteiger partial charge in [0.25, 0.3) is 0 Å². The number of nitrogens with zero attached hydrogens (tertiary/aromatic N) is 1. The molecule has 0 aliphatic carbocycles. The van der Waals surface area contributed by atoms with Crippen LogP contribution in [0.2, 0.25) is 5.02 Å². The third-order valence-corrected chi connectivity index (χ3v) is 2.67. The molecule has 1 aromatic carbocycles. The molecule has 0 spiro atoms. The van der Waals surface area contributed by atoms with Gasteiger partial charge in [0.1, 0.15) is 5.01 Å². The van der Waals surface area contributed by atoms with E-state index in [0.717, 1.165) is 15.6 Å². The summed E-state index contributed by atoms with van der Waals surface area (Å²) in [5, 5.41) is 3.67. The smallest absolute Gasteiger partial charge is 0.124 e. The molecule has 0 N–H and O–H groups in total. The monoisotopic (exact) mass is 195 g/mol. The summed E-state index contributed by atoms with van der Waals surface area (Å²) in [5.41, 5.74) is 1.01. The zero-order valence-corrected chi connectivity index (χ0v) is 7.77. The number of hydrogen-bond donors (Lipinski definition) is 0. The van der Waals surface area contributed by atoms with Crippen molar-refractivity contribution < 1.29 is 0 Å². The van der Waals surface area contributed by atoms with Crippen molar-refractivity contribution in [3.63, 3.8) is 0 Å². The first-order valence-corrected chi connectivity index (χ1v) is 4.78. The molecule has 0 aliphatic heterocycles.